The van der Waals surface area contributed by atoms with E-state index < -0.39 is 5.60 Å². The average Bonchev–Trinajstić information content (AvgIpc) is 2.97. The van der Waals surface area contributed by atoms with Gasteiger partial charge in [-0.05, 0) is 32.0 Å². The minimum atomic E-state index is -0.949. The predicted molar refractivity (Wildman–Crippen MR) is 100 cm³/mol. The number of ketones is 1. The van der Waals surface area contributed by atoms with E-state index in [2.05, 4.69) is 10.1 Å². The largest absolute Gasteiger partial charge is 0.481 e. The second-order valence-corrected chi connectivity index (χ2v) is 6.89. The van der Waals surface area contributed by atoms with Crippen molar-refractivity contribution in [1.82, 2.24) is 14.8 Å². The molecule has 0 bridgehead atoms. The van der Waals surface area contributed by atoms with Crippen molar-refractivity contribution in [3.8, 4) is 17.1 Å². The normalized spacial score (nSPS) is 11.7. The first kappa shape index (κ1) is 18.1. The summed E-state index contributed by atoms with van der Waals surface area (Å²) in [4.78, 5) is 16.7. The van der Waals surface area contributed by atoms with E-state index in [1.54, 1.807) is 31.7 Å². The number of aromatic nitrogens is 3. The van der Waals surface area contributed by atoms with Gasteiger partial charge in [0, 0.05) is 23.4 Å². The molecular formula is C20H23N3O3. The number of Topliss-reactive ketones (excluding diaryl/α,β-unsaturated/α-hetero) is 1. The summed E-state index contributed by atoms with van der Waals surface area (Å²) in [5, 5.41) is 15.5. The number of hydrogen-bond acceptors (Lipinski definition) is 5. The molecule has 0 spiro atoms. The van der Waals surface area contributed by atoms with Crippen LogP contribution >= 0.6 is 0 Å². The highest BCUT2D eigenvalue weighted by Crippen LogP contribution is 2.28. The van der Waals surface area contributed by atoms with Crippen LogP contribution in [0.4, 0.5) is 0 Å². The molecule has 0 saturated carbocycles. The summed E-state index contributed by atoms with van der Waals surface area (Å²) in [7, 11) is 1.58. The second-order valence-electron chi connectivity index (χ2n) is 6.89. The Balaban J connectivity index is 2.17. The number of hydrogen-bond donors (Lipinski definition) is 1. The van der Waals surface area contributed by atoms with Crippen molar-refractivity contribution in [3.05, 3.63) is 42.1 Å². The van der Waals surface area contributed by atoms with Crippen LogP contribution in [0.15, 0.2) is 36.4 Å². The molecule has 0 atom stereocenters. The Kier molecular flexibility index (Phi) is 4.78. The van der Waals surface area contributed by atoms with E-state index in [1.165, 1.54) is 0 Å². The number of carbonyl (C=O) groups is 1. The lowest BCUT2D eigenvalue weighted by Gasteiger charge is -2.17. The molecule has 0 amide bonds. The van der Waals surface area contributed by atoms with Gasteiger partial charge in [0.05, 0.1) is 30.5 Å². The van der Waals surface area contributed by atoms with Crippen LogP contribution in [0.25, 0.3) is 22.2 Å². The lowest BCUT2D eigenvalue weighted by molar-refractivity contribution is 0.0588. The summed E-state index contributed by atoms with van der Waals surface area (Å²) in [5.74, 6) is 0.520. The molecular weight excluding hydrogens is 330 g/mol. The van der Waals surface area contributed by atoms with E-state index in [4.69, 9.17) is 4.74 Å². The summed E-state index contributed by atoms with van der Waals surface area (Å²) in [5.41, 5.74) is 1.95. The highest BCUT2D eigenvalue weighted by molar-refractivity contribution is 6.06. The van der Waals surface area contributed by atoms with E-state index in [0.717, 1.165) is 22.2 Å². The molecule has 136 valence electrons. The van der Waals surface area contributed by atoms with Gasteiger partial charge in [-0.25, -0.2) is 4.98 Å². The minimum absolute atomic E-state index is 0.0169. The van der Waals surface area contributed by atoms with E-state index in [1.807, 2.05) is 37.3 Å². The zero-order valence-electron chi connectivity index (χ0n) is 15.5. The van der Waals surface area contributed by atoms with E-state index in [9.17, 15) is 9.90 Å². The molecule has 3 rings (SSSR count). The third-order valence-corrected chi connectivity index (χ3v) is 4.10. The van der Waals surface area contributed by atoms with Gasteiger partial charge in [-0.3, -0.25) is 9.48 Å². The summed E-state index contributed by atoms with van der Waals surface area (Å²) < 4.78 is 6.89. The monoisotopic (exact) mass is 353 g/mol. The molecule has 0 unspecified atom stereocenters. The lowest BCUT2D eigenvalue weighted by atomic mass is 10.1. The van der Waals surface area contributed by atoms with Gasteiger partial charge >= 0.3 is 0 Å². The maximum Gasteiger partial charge on any atom is 0.213 e. The molecule has 2 heterocycles. The van der Waals surface area contributed by atoms with E-state index in [0.29, 0.717) is 18.0 Å². The molecule has 0 radical (unpaired) electrons. The van der Waals surface area contributed by atoms with Gasteiger partial charge in [0.2, 0.25) is 5.88 Å². The molecule has 0 saturated heterocycles. The third-order valence-electron chi connectivity index (χ3n) is 4.10. The van der Waals surface area contributed by atoms with Gasteiger partial charge in [0.15, 0.2) is 5.78 Å². The molecule has 26 heavy (non-hydrogen) atoms. The summed E-state index contributed by atoms with van der Waals surface area (Å²) >= 11 is 0. The Morgan fingerprint density at radius 2 is 2.04 bits per heavy atom. The number of methoxy groups -OCH3 is 1. The van der Waals surface area contributed by atoms with E-state index >= 15 is 0 Å². The molecule has 1 N–H and O–H groups in total. The zero-order valence-corrected chi connectivity index (χ0v) is 15.5. The van der Waals surface area contributed by atoms with Crippen LogP contribution in [-0.2, 0) is 6.54 Å². The Labute approximate surface area is 152 Å². The SMILES string of the molecule is CCC(=O)c1nn(CC(C)(C)O)c2cc(-c3cccc(OC)n3)ccc12. The van der Waals surface area contributed by atoms with Crippen molar-refractivity contribution in [2.24, 2.45) is 0 Å². The van der Waals surface area contributed by atoms with Crippen LogP contribution in [0, 0.1) is 0 Å². The number of fused-ring (bicyclic) bond motifs is 1. The van der Waals surface area contributed by atoms with Crippen LogP contribution in [0.3, 0.4) is 0 Å². The molecule has 1 aromatic carbocycles. The lowest BCUT2D eigenvalue weighted by Crippen LogP contribution is -2.26. The summed E-state index contributed by atoms with van der Waals surface area (Å²) in [6.45, 7) is 5.54. The van der Waals surface area contributed by atoms with Crippen molar-refractivity contribution < 1.29 is 14.6 Å². The molecule has 0 aliphatic rings. The zero-order chi connectivity index (χ0) is 18.9. The molecule has 0 fully saturated rings. The van der Waals surface area contributed by atoms with Crippen molar-refractivity contribution in [2.75, 3.05) is 7.11 Å². The van der Waals surface area contributed by atoms with Crippen molar-refractivity contribution in [1.29, 1.82) is 0 Å². The van der Waals surface area contributed by atoms with Crippen LogP contribution in [-0.4, -0.2) is 38.4 Å². The van der Waals surface area contributed by atoms with Gasteiger partial charge < -0.3 is 9.84 Å². The Bertz CT molecular complexity index is 955. The highest BCUT2D eigenvalue weighted by atomic mass is 16.5. The number of ether oxygens (including phenoxy) is 1. The Morgan fingerprint density at radius 3 is 2.69 bits per heavy atom. The Morgan fingerprint density at radius 1 is 1.27 bits per heavy atom. The average molecular weight is 353 g/mol. The highest BCUT2D eigenvalue weighted by Gasteiger charge is 2.21. The first-order chi connectivity index (χ1) is 12.3. The quantitative estimate of drug-likeness (QED) is 0.687. The van der Waals surface area contributed by atoms with Gasteiger partial charge in [-0.1, -0.05) is 19.1 Å². The summed E-state index contributed by atoms with van der Waals surface area (Å²) in [6, 6.07) is 11.3. The number of rotatable bonds is 6. The number of nitrogens with zero attached hydrogens (tertiary/aromatic N) is 3. The van der Waals surface area contributed by atoms with Gasteiger partial charge in [-0.15, -0.1) is 0 Å². The summed E-state index contributed by atoms with van der Waals surface area (Å²) in [6.07, 6.45) is 0.383. The second kappa shape index (κ2) is 6.88. The van der Waals surface area contributed by atoms with Crippen LogP contribution in [0.5, 0.6) is 5.88 Å². The van der Waals surface area contributed by atoms with Crippen LogP contribution in [0.1, 0.15) is 37.7 Å². The topological polar surface area (TPSA) is 77.2 Å². The number of pyridine rings is 1. The minimum Gasteiger partial charge on any atom is -0.481 e. The van der Waals surface area contributed by atoms with Gasteiger partial charge in [0.25, 0.3) is 0 Å². The molecule has 6 heteroatoms. The van der Waals surface area contributed by atoms with Crippen molar-refractivity contribution >= 4 is 16.7 Å². The van der Waals surface area contributed by atoms with Crippen LogP contribution < -0.4 is 4.74 Å². The fourth-order valence-corrected chi connectivity index (χ4v) is 2.88. The smallest absolute Gasteiger partial charge is 0.213 e. The van der Waals surface area contributed by atoms with E-state index in [-0.39, 0.29) is 12.3 Å². The third kappa shape index (κ3) is 3.60. The predicted octanol–water partition coefficient (Wildman–Crippen LogP) is 3.47. The van der Waals surface area contributed by atoms with Crippen LogP contribution in [0.2, 0.25) is 0 Å². The fourth-order valence-electron chi connectivity index (χ4n) is 2.88. The van der Waals surface area contributed by atoms with Gasteiger partial charge in [-0.2, -0.15) is 5.10 Å². The fraction of sp³-hybridized carbons (Fsp3) is 0.350. The molecule has 0 aliphatic carbocycles. The van der Waals surface area contributed by atoms with Crippen molar-refractivity contribution in [3.63, 3.8) is 0 Å². The molecule has 0 aliphatic heterocycles. The standard InChI is InChI=1S/C20H23N3O3/c1-5-17(24)19-14-10-9-13(15-7-6-8-18(21-15)26-4)11-16(14)23(22-19)12-20(2,3)25/h6-11,25H,5,12H2,1-4H3. The van der Waals surface area contributed by atoms with Crippen molar-refractivity contribution in [2.45, 2.75) is 39.3 Å². The molecule has 6 nitrogen and oxygen atoms in total. The maximum atomic E-state index is 12.3. The first-order valence-corrected chi connectivity index (χ1v) is 8.60. The number of aliphatic hydroxyl groups is 1. The van der Waals surface area contributed by atoms with Gasteiger partial charge in [0.1, 0.15) is 5.69 Å². The Hall–Kier alpha value is -2.73. The maximum absolute atomic E-state index is 12.3. The number of carbonyl (C=O) groups excluding carboxylic acids is 1. The molecule has 2 aromatic heterocycles. The molecule has 3 aromatic rings. The number of benzene rings is 1. The first-order valence-electron chi connectivity index (χ1n) is 8.60.